The molecule has 148 valence electrons. The van der Waals surface area contributed by atoms with Gasteiger partial charge in [-0.1, -0.05) is 39.3 Å². The SMILES string of the molecule is CCC[C@H](c1nc2ccccc2c(=O)n1CCOC)N1C[C@H](C)C[C@H](C)C1. The van der Waals surface area contributed by atoms with Crippen LogP contribution >= 0.6 is 0 Å². The number of fused-ring (bicyclic) bond motifs is 1. The molecule has 1 aromatic carbocycles. The highest BCUT2D eigenvalue weighted by Gasteiger charge is 2.31. The zero-order chi connectivity index (χ0) is 19.4. The standard InChI is InChI=1S/C22H33N3O2/c1-5-8-20(24-14-16(2)13-17(3)15-24)21-23-19-10-7-6-9-18(19)22(26)25(21)11-12-27-4/h6-7,9-10,16-17,20H,5,8,11-15H2,1-4H3/t16-,17+,20-/m1/s1. The zero-order valence-electron chi connectivity index (χ0n) is 17.1. The van der Waals surface area contributed by atoms with Gasteiger partial charge in [0.25, 0.3) is 5.56 Å². The quantitative estimate of drug-likeness (QED) is 0.741. The summed E-state index contributed by atoms with van der Waals surface area (Å²) in [7, 11) is 1.68. The minimum Gasteiger partial charge on any atom is -0.383 e. The molecule has 3 atom stereocenters. The lowest BCUT2D eigenvalue weighted by Gasteiger charge is -2.40. The average molecular weight is 372 g/mol. The van der Waals surface area contributed by atoms with Crippen LogP contribution in [-0.2, 0) is 11.3 Å². The van der Waals surface area contributed by atoms with E-state index in [0.29, 0.717) is 30.4 Å². The third-order valence-corrected chi connectivity index (χ3v) is 5.61. The molecule has 0 radical (unpaired) electrons. The maximum absolute atomic E-state index is 13.2. The Morgan fingerprint density at radius 2 is 1.93 bits per heavy atom. The molecule has 1 aromatic heterocycles. The Morgan fingerprint density at radius 1 is 1.22 bits per heavy atom. The van der Waals surface area contributed by atoms with Gasteiger partial charge in [-0.3, -0.25) is 14.3 Å². The first-order chi connectivity index (χ1) is 13.0. The summed E-state index contributed by atoms with van der Waals surface area (Å²) in [5.74, 6) is 2.25. The molecule has 1 saturated heterocycles. The summed E-state index contributed by atoms with van der Waals surface area (Å²) >= 11 is 0. The fourth-order valence-corrected chi connectivity index (χ4v) is 4.55. The van der Waals surface area contributed by atoms with Crippen molar-refractivity contribution in [1.82, 2.24) is 14.5 Å². The molecule has 0 aliphatic carbocycles. The number of piperidine rings is 1. The third-order valence-electron chi connectivity index (χ3n) is 5.61. The summed E-state index contributed by atoms with van der Waals surface area (Å²) in [5, 5.41) is 0.688. The Bertz CT molecular complexity index is 807. The molecule has 1 fully saturated rings. The maximum atomic E-state index is 13.2. The first-order valence-electron chi connectivity index (χ1n) is 10.3. The Hall–Kier alpha value is -1.72. The van der Waals surface area contributed by atoms with Gasteiger partial charge in [0.2, 0.25) is 0 Å². The molecule has 5 heteroatoms. The normalized spacial score (nSPS) is 22.2. The number of aromatic nitrogens is 2. The minimum absolute atomic E-state index is 0.0480. The molecule has 1 aliphatic heterocycles. The van der Waals surface area contributed by atoms with Crippen LogP contribution < -0.4 is 5.56 Å². The number of ether oxygens (including phenoxy) is 1. The molecule has 2 aromatic rings. The summed E-state index contributed by atoms with van der Waals surface area (Å²) < 4.78 is 7.14. The molecule has 0 unspecified atom stereocenters. The second kappa shape index (κ2) is 8.98. The van der Waals surface area contributed by atoms with Gasteiger partial charge in [-0.2, -0.15) is 0 Å². The van der Waals surface area contributed by atoms with Gasteiger partial charge in [0.05, 0.1) is 30.1 Å². The fraction of sp³-hybridized carbons (Fsp3) is 0.636. The molecular weight excluding hydrogens is 338 g/mol. The second-order valence-corrected chi connectivity index (χ2v) is 8.14. The van der Waals surface area contributed by atoms with Crippen molar-refractivity contribution in [3.63, 3.8) is 0 Å². The van der Waals surface area contributed by atoms with E-state index in [1.165, 1.54) is 6.42 Å². The number of rotatable bonds is 7. The predicted molar refractivity (Wildman–Crippen MR) is 110 cm³/mol. The molecule has 5 nitrogen and oxygen atoms in total. The van der Waals surface area contributed by atoms with E-state index >= 15 is 0 Å². The number of benzene rings is 1. The number of methoxy groups -OCH3 is 1. The first kappa shape index (κ1) is 20.0. The van der Waals surface area contributed by atoms with Gasteiger partial charge in [-0.25, -0.2) is 4.98 Å². The van der Waals surface area contributed by atoms with Crippen molar-refractivity contribution in [3.8, 4) is 0 Å². The van der Waals surface area contributed by atoms with E-state index in [-0.39, 0.29) is 11.6 Å². The molecule has 0 saturated carbocycles. The highest BCUT2D eigenvalue weighted by Crippen LogP contribution is 2.31. The van der Waals surface area contributed by atoms with Crippen LogP contribution in [0.5, 0.6) is 0 Å². The molecule has 0 spiro atoms. The molecule has 27 heavy (non-hydrogen) atoms. The molecular formula is C22H33N3O2. The average Bonchev–Trinajstić information content (AvgIpc) is 2.64. The van der Waals surface area contributed by atoms with E-state index in [1.54, 1.807) is 7.11 Å². The van der Waals surface area contributed by atoms with Crippen molar-refractivity contribution in [1.29, 1.82) is 0 Å². The molecule has 3 rings (SSSR count). The van der Waals surface area contributed by atoms with Crippen LogP contribution in [0.25, 0.3) is 10.9 Å². The van der Waals surface area contributed by atoms with Crippen molar-refractivity contribution in [2.45, 2.75) is 52.6 Å². The highest BCUT2D eigenvalue weighted by atomic mass is 16.5. The lowest BCUT2D eigenvalue weighted by molar-refractivity contribution is 0.0822. The van der Waals surface area contributed by atoms with Gasteiger partial charge in [0.1, 0.15) is 5.82 Å². The fourth-order valence-electron chi connectivity index (χ4n) is 4.55. The van der Waals surface area contributed by atoms with Gasteiger partial charge in [0, 0.05) is 20.2 Å². The summed E-state index contributed by atoms with van der Waals surface area (Å²) in [6.07, 6.45) is 3.35. The lowest BCUT2D eigenvalue weighted by Crippen LogP contribution is -2.43. The van der Waals surface area contributed by atoms with Crippen LogP contribution in [0.3, 0.4) is 0 Å². The van der Waals surface area contributed by atoms with E-state index < -0.39 is 0 Å². The van der Waals surface area contributed by atoms with E-state index in [9.17, 15) is 4.79 Å². The molecule has 0 bridgehead atoms. The summed E-state index contributed by atoms with van der Waals surface area (Å²) in [4.78, 5) is 20.8. The molecule has 0 amide bonds. The van der Waals surface area contributed by atoms with Gasteiger partial charge < -0.3 is 4.74 Å². The summed E-state index contributed by atoms with van der Waals surface area (Å²) in [5.41, 5.74) is 0.845. The van der Waals surface area contributed by atoms with E-state index in [0.717, 1.165) is 37.3 Å². The Kier molecular flexibility index (Phi) is 6.66. The van der Waals surface area contributed by atoms with E-state index in [2.05, 4.69) is 25.7 Å². The largest absolute Gasteiger partial charge is 0.383 e. The monoisotopic (exact) mass is 371 g/mol. The molecule has 2 heterocycles. The lowest BCUT2D eigenvalue weighted by atomic mass is 9.90. The van der Waals surface area contributed by atoms with Crippen molar-refractivity contribution in [2.24, 2.45) is 11.8 Å². The van der Waals surface area contributed by atoms with E-state index in [4.69, 9.17) is 9.72 Å². The number of para-hydroxylation sites is 1. The minimum atomic E-state index is 0.0480. The maximum Gasteiger partial charge on any atom is 0.261 e. The van der Waals surface area contributed by atoms with Crippen LogP contribution in [0, 0.1) is 11.8 Å². The van der Waals surface area contributed by atoms with Crippen molar-refractivity contribution in [3.05, 3.63) is 40.4 Å². The smallest absolute Gasteiger partial charge is 0.261 e. The Morgan fingerprint density at radius 3 is 2.59 bits per heavy atom. The van der Waals surface area contributed by atoms with Crippen molar-refractivity contribution < 1.29 is 4.74 Å². The molecule has 0 N–H and O–H groups in total. The zero-order valence-corrected chi connectivity index (χ0v) is 17.1. The van der Waals surface area contributed by atoms with Gasteiger partial charge >= 0.3 is 0 Å². The number of nitrogens with zero attached hydrogens (tertiary/aromatic N) is 3. The van der Waals surface area contributed by atoms with Crippen LogP contribution in [0.2, 0.25) is 0 Å². The highest BCUT2D eigenvalue weighted by molar-refractivity contribution is 5.77. The number of hydrogen-bond acceptors (Lipinski definition) is 4. The summed E-state index contributed by atoms with van der Waals surface area (Å²) in [6, 6.07) is 7.86. The van der Waals surface area contributed by atoms with Gasteiger partial charge in [0.15, 0.2) is 0 Å². The van der Waals surface area contributed by atoms with Crippen LogP contribution in [0.4, 0.5) is 0 Å². The second-order valence-electron chi connectivity index (χ2n) is 8.14. The number of hydrogen-bond donors (Lipinski definition) is 0. The predicted octanol–water partition coefficient (Wildman–Crippen LogP) is 3.86. The van der Waals surface area contributed by atoms with Crippen LogP contribution in [-0.4, -0.2) is 41.3 Å². The Balaban J connectivity index is 2.10. The third kappa shape index (κ3) is 4.41. The van der Waals surface area contributed by atoms with Crippen LogP contribution in [0.1, 0.15) is 51.9 Å². The van der Waals surface area contributed by atoms with Gasteiger partial charge in [-0.15, -0.1) is 0 Å². The van der Waals surface area contributed by atoms with E-state index in [1.807, 2.05) is 28.8 Å². The Labute approximate surface area is 162 Å². The molecule has 1 aliphatic rings. The first-order valence-corrected chi connectivity index (χ1v) is 10.3. The number of likely N-dealkylation sites (tertiary alicyclic amines) is 1. The van der Waals surface area contributed by atoms with Gasteiger partial charge in [-0.05, 0) is 36.8 Å². The summed E-state index contributed by atoms with van der Waals surface area (Å²) in [6.45, 7) is 10.1. The van der Waals surface area contributed by atoms with Crippen LogP contribution in [0.15, 0.2) is 29.1 Å². The van der Waals surface area contributed by atoms with Crippen molar-refractivity contribution >= 4 is 10.9 Å². The van der Waals surface area contributed by atoms with Crippen molar-refractivity contribution in [2.75, 3.05) is 26.8 Å². The topological polar surface area (TPSA) is 47.4 Å².